The van der Waals surface area contributed by atoms with Crippen molar-refractivity contribution >= 4 is 5.97 Å². The van der Waals surface area contributed by atoms with E-state index in [0.717, 1.165) is 12.8 Å². The number of aliphatic hydroxyl groups excluding tert-OH is 1. The molecule has 1 unspecified atom stereocenters. The minimum Gasteiger partial charge on any atom is -0.674 e. The molecule has 0 aromatic rings. The van der Waals surface area contributed by atoms with E-state index in [4.69, 9.17) is 11.5 Å². The van der Waals surface area contributed by atoms with E-state index in [9.17, 15) is 9.90 Å². The van der Waals surface area contributed by atoms with Gasteiger partial charge in [-0.15, -0.1) is 6.04 Å². The second kappa shape index (κ2) is 8.94. The van der Waals surface area contributed by atoms with Crippen LogP contribution >= 0.6 is 0 Å². The number of nitrogens with one attached hydrogen (secondary N) is 1. The Labute approximate surface area is 151 Å². The van der Waals surface area contributed by atoms with E-state index < -0.39 is 24.0 Å². The van der Waals surface area contributed by atoms with Crippen molar-refractivity contribution in [2.24, 2.45) is 23.5 Å². The third kappa shape index (κ3) is 4.38. The quantitative estimate of drug-likeness (QED) is 0.576. The van der Waals surface area contributed by atoms with E-state index in [1.54, 1.807) is 0 Å². The Hall–Kier alpha value is 0.792. The fourth-order valence-electron chi connectivity index (χ4n) is 3.09. The van der Waals surface area contributed by atoms with Gasteiger partial charge in [0, 0.05) is 50.1 Å². The normalized spacial score (nSPS) is 31.9. The molecule has 1 radical (unpaired) electrons. The number of nitrogens with two attached hydrogens (primary N) is 1. The second-order valence-electron chi connectivity index (χ2n) is 5.20. The van der Waals surface area contributed by atoms with Crippen LogP contribution in [0.4, 0.5) is 0 Å². The topological polar surface area (TPSA) is 96.3 Å². The molecule has 5 nitrogen and oxygen atoms in total. The van der Waals surface area contributed by atoms with Gasteiger partial charge in [0.1, 0.15) is 0 Å². The van der Waals surface area contributed by atoms with Gasteiger partial charge in [0.15, 0.2) is 0 Å². The van der Waals surface area contributed by atoms with E-state index in [0.29, 0.717) is 6.42 Å². The average molecular weight is 484 g/mol. The van der Waals surface area contributed by atoms with E-state index in [2.05, 4.69) is 4.74 Å². The third-order valence-corrected chi connectivity index (χ3v) is 4.30. The summed E-state index contributed by atoms with van der Waals surface area (Å²) in [6.45, 7) is 4.08. The summed E-state index contributed by atoms with van der Waals surface area (Å²) in [5.74, 6) is -1.11. The van der Waals surface area contributed by atoms with Gasteiger partial charge < -0.3 is 21.3 Å². The molecule has 0 spiro atoms. The van der Waals surface area contributed by atoms with Crippen LogP contribution in [0.15, 0.2) is 0 Å². The SMILES string of the molecule is CCC(CC)C([NH-])[C@@H]1[C@H](O)[C@@H](C(=O)OC)C[C@H]1N.[Ac]. The average Bonchev–Trinajstić information content (AvgIpc) is 2.65. The number of ether oxygens (including phenoxy) is 1. The molecule has 4 N–H and O–H groups in total. The van der Waals surface area contributed by atoms with Gasteiger partial charge in [0.05, 0.1) is 19.1 Å². The van der Waals surface area contributed by atoms with Crippen molar-refractivity contribution in [1.29, 1.82) is 0 Å². The Morgan fingerprint density at radius 2 is 2.00 bits per heavy atom. The maximum Gasteiger partial charge on any atom is 0.311 e. The first kappa shape index (κ1) is 19.8. The summed E-state index contributed by atoms with van der Waals surface area (Å²) < 4.78 is 4.68. The first-order valence-corrected chi connectivity index (χ1v) is 6.70. The zero-order valence-corrected chi connectivity index (χ0v) is 16.7. The molecule has 1 saturated carbocycles. The Morgan fingerprint density at radius 1 is 1.47 bits per heavy atom. The molecular formula is C13H25AcN2O3-. The molecule has 6 heteroatoms. The van der Waals surface area contributed by atoms with Gasteiger partial charge in [0.25, 0.3) is 0 Å². The molecule has 0 aromatic heterocycles. The zero-order chi connectivity index (χ0) is 13.9. The Bertz CT molecular complexity index is 287. The van der Waals surface area contributed by atoms with Crippen LogP contribution in [0.5, 0.6) is 0 Å². The number of carbonyl (C=O) groups is 1. The van der Waals surface area contributed by atoms with Crippen LogP contribution in [-0.2, 0) is 9.53 Å². The monoisotopic (exact) mass is 484 g/mol. The number of hydrogen-bond donors (Lipinski definition) is 2. The van der Waals surface area contributed by atoms with Gasteiger partial charge in [0.2, 0.25) is 0 Å². The molecule has 1 aliphatic carbocycles. The molecule has 1 aliphatic rings. The third-order valence-electron chi connectivity index (χ3n) is 4.30. The molecule has 1 rings (SSSR count). The number of hydrogen-bond acceptors (Lipinski definition) is 4. The summed E-state index contributed by atoms with van der Waals surface area (Å²) in [4.78, 5) is 11.5. The van der Waals surface area contributed by atoms with Crippen molar-refractivity contribution in [2.45, 2.75) is 51.3 Å². The van der Waals surface area contributed by atoms with Crippen molar-refractivity contribution in [3.8, 4) is 0 Å². The van der Waals surface area contributed by atoms with Crippen LogP contribution in [-0.4, -0.2) is 36.4 Å². The summed E-state index contributed by atoms with van der Waals surface area (Å²) >= 11 is 0. The molecule has 19 heavy (non-hydrogen) atoms. The predicted octanol–water partition coefficient (Wildman–Crippen LogP) is 1.34. The van der Waals surface area contributed by atoms with Crippen molar-refractivity contribution in [1.82, 2.24) is 0 Å². The van der Waals surface area contributed by atoms with Crippen LogP contribution in [0.1, 0.15) is 33.1 Å². The largest absolute Gasteiger partial charge is 0.674 e. The van der Waals surface area contributed by atoms with Crippen LogP contribution < -0.4 is 5.73 Å². The number of carbonyl (C=O) groups excluding carboxylic acids is 1. The zero-order valence-electron chi connectivity index (χ0n) is 12.0. The Kier molecular flexibility index (Phi) is 9.31. The van der Waals surface area contributed by atoms with E-state index in [1.807, 2.05) is 13.8 Å². The molecule has 1 fully saturated rings. The molecule has 0 aliphatic heterocycles. The van der Waals surface area contributed by atoms with Crippen molar-refractivity contribution in [2.75, 3.05) is 7.11 Å². The van der Waals surface area contributed by atoms with Gasteiger partial charge in [-0.25, -0.2) is 0 Å². The molecule has 0 saturated heterocycles. The molecule has 0 amide bonds. The fourth-order valence-corrected chi connectivity index (χ4v) is 3.09. The molecule has 0 aromatic carbocycles. The van der Waals surface area contributed by atoms with Crippen LogP contribution in [0.25, 0.3) is 5.73 Å². The summed E-state index contributed by atoms with van der Waals surface area (Å²) in [6, 6.07) is -0.716. The molecule has 0 bridgehead atoms. The van der Waals surface area contributed by atoms with Gasteiger partial charge in [-0.05, 0) is 12.3 Å². The van der Waals surface area contributed by atoms with Gasteiger partial charge in [-0.3, -0.25) is 4.79 Å². The van der Waals surface area contributed by atoms with E-state index in [-0.39, 0.29) is 61.9 Å². The maximum absolute atomic E-state index is 11.5. The van der Waals surface area contributed by atoms with Crippen molar-refractivity contribution in [3.63, 3.8) is 0 Å². The number of rotatable bonds is 5. The first-order valence-electron chi connectivity index (χ1n) is 6.70. The fraction of sp³-hybridized carbons (Fsp3) is 0.923. The molecular weight excluding hydrogens is 459 g/mol. The second-order valence-corrected chi connectivity index (χ2v) is 5.20. The van der Waals surface area contributed by atoms with Crippen molar-refractivity contribution in [3.05, 3.63) is 5.73 Å². The minimum absolute atomic E-state index is 0. The number of aliphatic hydroxyl groups is 1. The van der Waals surface area contributed by atoms with E-state index in [1.165, 1.54) is 7.11 Å². The summed E-state index contributed by atoms with van der Waals surface area (Å²) in [5, 5.41) is 10.2. The van der Waals surface area contributed by atoms with E-state index >= 15 is 0 Å². The summed E-state index contributed by atoms with van der Waals surface area (Å²) in [6.07, 6.45) is 1.34. The Morgan fingerprint density at radius 3 is 2.42 bits per heavy atom. The minimum atomic E-state index is -0.851. The first-order chi connectivity index (χ1) is 8.47. The van der Waals surface area contributed by atoms with Gasteiger partial charge in [-0.1, -0.05) is 32.6 Å². The molecule has 5 atom stereocenters. The van der Waals surface area contributed by atoms with Gasteiger partial charge >= 0.3 is 5.97 Å². The Balaban J connectivity index is 0.00000324. The smallest absolute Gasteiger partial charge is 0.311 e. The summed E-state index contributed by atoms with van der Waals surface area (Å²) in [5.41, 5.74) is 14.3. The van der Waals surface area contributed by atoms with Crippen LogP contribution in [0, 0.1) is 61.8 Å². The van der Waals surface area contributed by atoms with Crippen LogP contribution in [0.2, 0.25) is 0 Å². The summed E-state index contributed by atoms with van der Waals surface area (Å²) in [7, 11) is 1.31. The number of esters is 1. The molecule has 109 valence electrons. The molecule has 0 heterocycles. The maximum atomic E-state index is 11.5. The van der Waals surface area contributed by atoms with Gasteiger partial charge in [-0.2, -0.15) is 0 Å². The van der Waals surface area contributed by atoms with Crippen molar-refractivity contribution < 1.29 is 58.7 Å². The predicted molar refractivity (Wildman–Crippen MR) is 69.8 cm³/mol. The van der Waals surface area contributed by atoms with Crippen LogP contribution in [0.3, 0.4) is 0 Å². The number of methoxy groups -OCH3 is 1. The standard InChI is InChI=1S/C13H25N2O3.Ac/c1-4-7(5-2)11(15)10-9(14)6-8(12(10)16)13(17)18-3;/h7-12,15-16H,4-6,14H2,1-3H3;/q-1;/t8-,9+,10+,11?,12+;/m0./s1.